The molecule has 0 aliphatic heterocycles. The molecule has 1 aliphatic rings. The van der Waals surface area contributed by atoms with E-state index in [0.29, 0.717) is 0 Å². The van der Waals surface area contributed by atoms with E-state index >= 15 is 0 Å². The van der Waals surface area contributed by atoms with E-state index in [-0.39, 0.29) is 0 Å². The standard InChI is InChI=1S/C66H46N4/c1-5-17-48(18-6-1)67(49-19-7-2-8-20-49)52-35-33-45-29-31-47-32-30-46-34-36-53(42-59(46)66(47)58(45)41-52)68(54-37-39-64-60(43-54)56-25-13-15-27-62(56)69(64)50-21-9-3-10-22-50)55-38-40-65-61(44-55)57-26-14-16-28-63(57)70(65)51-23-11-4-12-24-51/h1-3,5-11,13-44H,4,12H2. The van der Waals surface area contributed by atoms with Crippen LogP contribution in [0.1, 0.15) is 12.8 Å². The third kappa shape index (κ3) is 6.45. The van der Waals surface area contributed by atoms with E-state index < -0.39 is 0 Å². The smallest absolute Gasteiger partial charge is 0.0542 e. The molecule has 0 N–H and O–H groups in total. The first-order valence-corrected chi connectivity index (χ1v) is 24.3. The van der Waals surface area contributed by atoms with Gasteiger partial charge in [-0.15, -0.1) is 0 Å². The van der Waals surface area contributed by atoms with E-state index in [4.69, 9.17) is 0 Å². The fourth-order valence-corrected chi connectivity index (χ4v) is 11.3. The first-order chi connectivity index (χ1) is 34.7. The van der Waals surface area contributed by atoms with Gasteiger partial charge < -0.3 is 18.9 Å². The highest BCUT2D eigenvalue weighted by Crippen LogP contribution is 2.45. The van der Waals surface area contributed by atoms with Crippen molar-refractivity contribution < 1.29 is 0 Å². The minimum absolute atomic E-state index is 1.04. The van der Waals surface area contributed by atoms with Crippen LogP contribution in [0.2, 0.25) is 0 Å². The van der Waals surface area contributed by atoms with Gasteiger partial charge in [0.15, 0.2) is 0 Å². The Morgan fingerprint density at radius 3 is 1.26 bits per heavy atom. The number of aromatic nitrogens is 2. The molecule has 0 radical (unpaired) electrons. The third-order valence-electron chi connectivity index (χ3n) is 14.4. The van der Waals surface area contributed by atoms with Crippen molar-refractivity contribution >= 4 is 116 Å². The van der Waals surface area contributed by atoms with E-state index in [1.807, 2.05) is 0 Å². The molecule has 0 unspecified atom stereocenters. The molecule has 0 fully saturated rings. The molecule has 4 nitrogen and oxygen atoms in total. The normalized spacial score (nSPS) is 12.8. The van der Waals surface area contributed by atoms with Crippen molar-refractivity contribution in [3.05, 3.63) is 255 Å². The van der Waals surface area contributed by atoms with Crippen LogP contribution in [0, 0.1) is 0 Å². The first kappa shape index (κ1) is 40.0. The monoisotopic (exact) mass is 894 g/mol. The average Bonchev–Trinajstić information content (AvgIpc) is 3.94. The van der Waals surface area contributed by atoms with Gasteiger partial charge in [-0.3, -0.25) is 0 Å². The molecular weight excluding hydrogens is 849 g/mol. The van der Waals surface area contributed by atoms with Gasteiger partial charge >= 0.3 is 0 Å². The minimum Gasteiger partial charge on any atom is -0.310 e. The maximum absolute atomic E-state index is 2.47. The summed E-state index contributed by atoms with van der Waals surface area (Å²) in [5.74, 6) is 0. The second-order valence-corrected chi connectivity index (χ2v) is 18.4. The number of hydrogen-bond donors (Lipinski definition) is 0. The van der Waals surface area contributed by atoms with E-state index in [9.17, 15) is 0 Å². The molecule has 4 heteroatoms. The Morgan fingerprint density at radius 1 is 0.300 bits per heavy atom. The Kier molecular flexibility index (Phi) is 9.31. The van der Waals surface area contributed by atoms with Crippen molar-refractivity contribution in [2.75, 3.05) is 9.80 Å². The van der Waals surface area contributed by atoms with Gasteiger partial charge in [-0.1, -0.05) is 140 Å². The van der Waals surface area contributed by atoms with Gasteiger partial charge in [0.1, 0.15) is 0 Å². The number of rotatable bonds is 8. The van der Waals surface area contributed by atoms with Crippen LogP contribution < -0.4 is 9.80 Å². The van der Waals surface area contributed by atoms with E-state index in [2.05, 4.69) is 274 Å². The summed E-state index contributed by atoms with van der Waals surface area (Å²) in [6, 6.07) is 86.9. The van der Waals surface area contributed by atoms with E-state index in [1.165, 1.54) is 81.6 Å². The van der Waals surface area contributed by atoms with Gasteiger partial charge in [0.05, 0.1) is 22.1 Å². The zero-order valence-electron chi connectivity index (χ0n) is 38.5. The first-order valence-electron chi connectivity index (χ1n) is 24.3. The molecule has 11 aromatic carbocycles. The molecular formula is C66H46N4. The Balaban J connectivity index is 1.02. The highest BCUT2D eigenvalue weighted by atomic mass is 15.1. The largest absolute Gasteiger partial charge is 0.310 e. The molecule has 0 spiro atoms. The molecule has 0 saturated heterocycles. The molecule has 14 rings (SSSR count). The molecule has 330 valence electrons. The molecule has 13 aromatic rings. The SMILES string of the molecule is C1=CC(n2c3ccccc3c3cc(N(c4ccc5ccc6ccc7ccc(N(c8ccccc8)c8ccccc8)cc7c6c5c4)c4ccc5c(c4)c4ccccc4n5-c4ccccc4)ccc32)=CCC1. The summed E-state index contributed by atoms with van der Waals surface area (Å²) in [4.78, 5) is 4.83. The summed E-state index contributed by atoms with van der Waals surface area (Å²) in [6.45, 7) is 0. The predicted molar refractivity (Wildman–Crippen MR) is 298 cm³/mol. The fourth-order valence-electron chi connectivity index (χ4n) is 11.3. The second-order valence-electron chi connectivity index (χ2n) is 18.4. The minimum atomic E-state index is 1.04. The maximum Gasteiger partial charge on any atom is 0.0542 e. The van der Waals surface area contributed by atoms with E-state index in [0.717, 1.165) is 52.7 Å². The van der Waals surface area contributed by atoms with Gasteiger partial charge in [-0.2, -0.15) is 0 Å². The Morgan fingerprint density at radius 2 is 0.714 bits per heavy atom. The van der Waals surface area contributed by atoms with E-state index in [1.54, 1.807) is 0 Å². The molecule has 2 aromatic heterocycles. The van der Waals surface area contributed by atoms with Crippen molar-refractivity contribution in [3.63, 3.8) is 0 Å². The lowest BCUT2D eigenvalue weighted by molar-refractivity contribution is 1.02. The van der Waals surface area contributed by atoms with Crippen LogP contribution >= 0.6 is 0 Å². The van der Waals surface area contributed by atoms with Crippen LogP contribution in [0.3, 0.4) is 0 Å². The summed E-state index contributed by atoms with van der Waals surface area (Å²) in [6.07, 6.45) is 9.07. The van der Waals surface area contributed by atoms with Crippen LogP contribution in [0.5, 0.6) is 0 Å². The summed E-state index contributed by atoms with van der Waals surface area (Å²) in [7, 11) is 0. The van der Waals surface area contributed by atoms with Crippen LogP contribution in [0.4, 0.5) is 34.1 Å². The van der Waals surface area contributed by atoms with Crippen molar-refractivity contribution in [1.29, 1.82) is 0 Å². The summed E-state index contributed by atoms with van der Waals surface area (Å²) in [5.41, 5.74) is 13.8. The number of anilines is 6. The van der Waals surface area contributed by atoms with Gasteiger partial charge in [0, 0.05) is 67.1 Å². The number of para-hydroxylation sites is 5. The summed E-state index contributed by atoms with van der Waals surface area (Å²) in [5, 5.41) is 12.2. The Labute approximate surface area is 406 Å². The molecule has 70 heavy (non-hydrogen) atoms. The molecule has 0 atom stereocenters. The van der Waals surface area contributed by atoms with Crippen molar-refractivity contribution in [2.45, 2.75) is 12.8 Å². The van der Waals surface area contributed by atoms with Crippen molar-refractivity contribution in [1.82, 2.24) is 9.13 Å². The number of benzene rings is 11. The van der Waals surface area contributed by atoms with Crippen LogP contribution in [-0.4, -0.2) is 9.13 Å². The molecule has 0 saturated carbocycles. The van der Waals surface area contributed by atoms with Gasteiger partial charge in [-0.05, 0) is 160 Å². The number of fused-ring (bicyclic) bond motifs is 11. The predicted octanol–water partition coefficient (Wildman–Crippen LogP) is 18.5. The lowest BCUT2D eigenvalue weighted by atomic mass is 9.95. The van der Waals surface area contributed by atoms with Gasteiger partial charge in [0.2, 0.25) is 0 Å². The topological polar surface area (TPSA) is 16.3 Å². The molecule has 0 bridgehead atoms. The molecule has 2 heterocycles. The fraction of sp³-hybridized carbons (Fsp3) is 0.0303. The molecule has 0 amide bonds. The number of allylic oxidation sites excluding steroid dienone is 4. The lowest BCUT2D eigenvalue weighted by Gasteiger charge is -2.27. The highest BCUT2D eigenvalue weighted by Gasteiger charge is 2.22. The quantitative estimate of drug-likeness (QED) is 0.141. The third-order valence-corrected chi connectivity index (χ3v) is 14.4. The zero-order chi connectivity index (χ0) is 46.1. The maximum atomic E-state index is 2.47. The van der Waals surface area contributed by atoms with Crippen molar-refractivity contribution in [3.8, 4) is 5.69 Å². The summed E-state index contributed by atoms with van der Waals surface area (Å²) >= 11 is 0. The highest BCUT2D eigenvalue weighted by molar-refractivity contribution is 6.22. The van der Waals surface area contributed by atoms with Crippen LogP contribution in [0.25, 0.3) is 87.3 Å². The Bertz CT molecular complexity index is 4190. The number of nitrogens with zero attached hydrogens (tertiary/aromatic N) is 4. The Hall–Kier alpha value is -9.12. The van der Waals surface area contributed by atoms with Crippen LogP contribution in [0.15, 0.2) is 255 Å². The van der Waals surface area contributed by atoms with Gasteiger partial charge in [0.25, 0.3) is 0 Å². The zero-order valence-corrected chi connectivity index (χ0v) is 38.5. The number of hydrogen-bond acceptors (Lipinski definition) is 2. The van der Waals surface area contributed by atoms with Gasteiger partial charge in [-0.25, -0.2) is 0 Å². The van der Waals surface area contributed by atoms with Crippen molar-refractivity contribution in [2.24, 2.45) is 0 Å². The second kappa shape index (κ2) is 16.3. The lowest BCUT2D eigenvalue weighted by Crippen LogP contribution is -2.10. The summed E-state index contributed by atoms with van der Waals surface area (Å²) < 4.78 is 4.84. The molecule has 1 aliphatic carbocycles. The average molecular weight is 895 g/mol. The van der Waals surface area contributed by atoms with Crippen LogP contribution in [-0.2, 0) is 0 Å².